The molecular weight excluding hydrogens is 344 g/mol. The summed E-state index contributed by atoms with van der Waals surface area (Å²) in [7, 11) is 0. The van der Waals surface area contributed by atoms with Crippen LogP contribution in [0.25, 0.3) is 0 Å². The largest absolute Gasteiger partial charge is 0.491 e. The predicted octanol–water partition coefficient (Wildman–Crippen LogP) is 3.58. The number of aliphatic hydroxyl groups excluding tert-OH is 1. The first kappa shape index (κ1) is 23.5. The Labute approximate surface area is 156 Å². The summed E-state index contributed by atoms with van der Waals surface area (Å²) in [4.78, 5) is 11.6. The lowest BCUT2D eigenvalue weighted by atomic mass is 10.3. The monoisotopic (exact) mass is 374 g/mol. The summed E-state index contributed by atoms with van der Waals surface area (Å²) in [6, 6.07) is 7.29. The molecule has 25 heavy (non-hydrogen) atoms. The van der Waals surface area contributed by atoms with Crippen LogP contribution in [0.3, 0.4) is 0 Å². The van der Waals surface area contributed by atoms with Gasteiger partial charge in [-0.2, -0.15) is 0 Å². The number of aliphatic hydroxyl groups is 1. The molecule has 0 saturated carbocycles. The molecule has 1 atom stereocenters. The number of benzene rings is 1. The average Bonchev–Trinajstić information content (AvgIpc) is 2.56. The van der Waals surface area contributed by atoms with Gasteiger partial charge in [-0.3, -0.25) is 5.32 Å². The van der Waals surface area contributed by atoms with Gasteiger partial charge in [0, 0.05) is 18.3 Å². The molecular formula is C18H31ClN2O4. The standard InChI is InChI=1S/C18H30N2O4.ClH/c1-4-5-6-11-23-18(22)20-15-7-9-17(10-8-15)24-13-16(21)12-19-14(2)3;/h7-10,14,16,19,21H,4-6,11-13H2,1-3H3,(H,20,22);1H. The molecule has 1 aromatic carbocycles. The Morgan fingerprint density at radius 2 is 1.88 bits per heavy atom. The minimum Gasteiger partial charge on any atom is -0.491 e. The summed E-state index contributed by atoms with van der Waals surface area (Å²) in [5.41, 5.74) is 0.643. The van der Waals surface area contributed by atoms with E-state index in [0.29, 0.717) is 30.6 Å². The van der Waals surface area contributed by atoms with Crippen molar-refractivity contribution in [2.45, 2.75) is 52.2 Å². The van der Waals surface area contributed by atoms with E-state index in [9.17, 15) is 9.90 Å². The summed E-state index contributed by atoms with van der Waals surface area (Å²) in [5.74, 6) is 0.639. The van der Waals surface area contributed by atoms with Gasteiger partial charge in [0.2, 0.25) is 0 Å². The normalized spacial score (nSPS) is 11.6. The van der Waals surface area contributed by atoms with Gasteiger partial charge in [-0.1, -0.05) is 33.6 Å². The Kier molecular flexibility index (Phi) is 12.9. The summed E-state index contributed by atoms with van der Waals surface area (Å²) in [5, 5.41) is 15.6. The van der Waals surface area contributed by atoms with Crippen LogP contribution in [-0.4, -0.2) is 43.1 Å². The lowest BCUT2D eigenvalue weighted by Crippen LogP contribution is -2.35. The van der Waals surface area contributed by atoms with Crippen molar-refractivity contribution in [2.75, 3.05) is 25.1 Å². The maximum absolute atomic E-state index is 11.6. The first-order valence-corrected chi connectivity index (χ1v) is 8.59. The van der Waals surface area contributed by atoms with Crippen LogP contribution < -0.4 is 15.4 Å². The zero-order chi connectivity index (χ0) is 17.8. The van der Waals surface area contributed by atoms with E-state index < -0.39 is 12.2 Å². The second-order valence-electron chi connectivity index (χ2n) is 6.02. The minimum absolute atomic E-state index is 0. The van der Waals surface area contributed by atoms with Crippen molar-refractivity contribution in [3.05, 3.63) is 24.3 Å². The van der Waals surface area contributed by atoms with E-state index in [0.717, 1.165) is 19.3 Å². The lowest BCUT2D eigenvalue weighted by molar-refractivity contribution is 0.104. The number of anilines is 1. The topological polar surface area (TPSA) is 79.8 Å². The highest BCUT2D eigenvalue weighted by molar-refractivity contribution is 5.85. The third-order valence-corrected chi connectivity index (χ3v) is 3.29. The molecule has 0 saturated heterocycles. The minimum atomic E-state index is -0.566. The number of rotatable bonds is 11. The van der Waals surface area contributed by atoms with E-state index >= 15 is 0 Å². The first-order valence-electron chi connectivity index (χ1n) is 8.59. The quantitative estimate of drug-likeness (QED) is 0.516. The van der Waals surface area contributed by atoms with Crippen molar-refractivity contribution in [3.8, 4) is 5.75 Å². The third-order valence-electron chi connectivity index (χ3n) is 3.29. The number of nitrogens with one attached hydrogen (secondary N) is 2. The molecule has 3 N–H and O–H groups in total. The molecule has 0 radical (unpaired) electrons. The van der Waals surface area contributed by atoms with Crippen LogP contribution in [0.4, 0.5) is 10.5 Å². The lowest BCUT2D eigenvalue weighted by Gasteiger charge is -2.15. The van der Waals surface area contributed by atoms with E-state index in [1.54, 1.807) is 24.3 Å². The van der Waals surface area contributed by atoms with Gasteiger partial charge < -0.3 is 19.9 Å². The smallest absolute Gasteiger partial charge is 0.411 e. The number of hydrogen-bond acceptors (Lipinski definition) is 5. The van der Waals surface area contributed by atoms with Gasteiger partial charge in [0.1, 0.15) is 18.5 Å². The Morgan fingerprint density at radius 1 is 1.20 bits per heavy atom. The number of carbonyl (C=O) groups is 1. The molecule has 1 unspecified atom stereocenters. The van der Waals surface area contributed by atoms with Crippen LogP contribution in [0, 0.1) is 0 Å². The van der Waals surface area contributed by atoms with Gasteiger partial charge in [-0.25, -0.2) is 4.79 Å². The third kappa shape index (κ3) is 11.6. The number of unbranched alkanes of at least 4 members (excludes halogenated alkanes) is 2. The highest BCUT2D eigenvalue weighted by Gasteiger charge is 2.07. The molecule has 0 spiro atoms. The molecule has 0 aliphatic heterocycles. The molecule has 0 aliphatic rings. The second-order valence-corrected chi connectivity index (χ2v) is 6.02. The molecule has 1 rings (SSSR count). The van der Waals surface area contributed by atoms with Crippen LogP contribution in [0.5, 0.6) is 5.75 Å². The van der Waals surface area contributed by atoms with Crippen LogP contribution in [0.15, 0.2) is 24.3 Å². The molecule has 1 aromatic rings. The maximum Gasteiger partial charge on any atom is 0.411 e. The van der Waals surface area contributed by atoms with Gasteiger partial charge in [0.25, 0.3) is 0 Å². The molecule has 7 heteroatoms. The highest BCUT2D eigenvalue weighted by Crippen LogP contribution is 2.16. The fourth-order valence-electron chi connectivity index (χ4n) is 1.93. The van der Waals surface area contributed by atoms with E-state index in [4.69, 9.17) is 9.47 Å². The summed E-state index contributed by atoms with van der Waals surface area (Å²) < 4.78 is 10.6. The van der Waals surface area contributed by atoms with E-state index in [1.165, 1.54) is 0 Å². The van der Waals surface area contributed by atoms with Gasteiger partial charge in [-0.05, 0) is 30.7 Å². The van der Waals surface area contributed by atoms with Crippen LogP contribution in [0.2, 0.25) is 0 Å². The molecule has 1 amide bonds. The highest BCUT2D eigenvalue weighted by atomic mass is 35.5. The van der Waals surface area contributed by atoms with Crippen molar-refractivity contribution in [2.24, 2.45) is 0 Å². The molecule has 0 aromatic heterocycles. The van der Waals surface area contributed by atoms with Gasteiger partial charge in [-0.15, -0.1) is 12.4 Å². The number of amides is 1. The average molecular weight is 375 g/mol. The second kappa shape index (κ2) is 13.8. The Bertz CT molecular complexity index is 469. The number of carbonyl (C=O) groups excluding carboxylic acids is 1. The van der Waals surface area contributed by atoms with Crippen molar-refractivity contribution >= 4 is 24.2 Å². The van der Waals surface area contributed by atoms with Crippen molar-refractivity contribution < 1.29 is 19.4 Å². The van der Waals surface area contributed by atoms with Gasteiger partial charge in [0.05, 0.1) is 6.61 Å². The molecule has 6 nitrogen and oxygen atoms in total. The zero-order valence-corrected chi connectivity index (χ0v) is 16.1. The molecule has 144 valence electrons. The summed E-state index contributed by atoms with van der Waals surface area (Å²) >= 11 is 0. The number of ether oxygens (including phenoxy) is 2. The first-order chi connectivity index (χ1) is 11.5. The Morgan fingerprint density at radius 3 is 2.48 bits per heavy atom. The van der Waals surface area contributed by atoms with Crippen LogP contribution in [0.1, 0.15) is 40.0 Å². The molecule has 0 heterocycles. The summed E-state index contributed by atoms with van der Waals surface area (Å²) in [6.45, 7) is 7.28. The van der Waals surface area contributed by atoms with Crippen LogP contribution in [-0.2, 0) is 4.74 Å². The zero-order valence-electron chi connectivity index (χ0n) is 15.3. The maximum atomic E-state index is 11.6. The van der Waals surface area contributed by atoms with Crippen LogP contribution >= 0.6 is 12.4 Å². The molecule has 0 aliphatic carbocycles. The molecule has 0 bridgehead atoms. The number of halogens is 1. The van der Waals surface area contributed by atoms with E-state index in [2.05, 4.69) is 17.6 Å². The SMILES string of the molecule is CCCCCOC(=O)Nc1ccc(OCC(O)CNC(C)C)cc1.Cl. The predicted molar refractivity (Wildman–Crippen MR) is 103 cm³/mol. The fraction of sp³-hybridized carbons (Fsp3) is 0.611. The Balaban J connectivity index is 0.00000576. The van der Waals surface area contributed by atoms with Gasteiger partial charge >= 0.3 is 6.09 Å². The fourth-order valence-corrected chi connectivity index (χ4v) is 1.93. The van der Waals surface area contributed by atoms with E-state index in [1.807, 2.05) is 13.8 Å². The Hall–Kier alpha value is -1.50. The van der Waals surface area contributed by atoms with Crippen molar-refractivity contribution in [1.29, 1.82) is 0 Å². The molecule has 0 fully saturated rings. The van der Waals surface area contributed by atoms with E-state index in [-0.39, 0.29) is 19.0 Å². The number of hydrogen-bond donors (Lipinski definition) is 3. The van der Waals surface area contributed by atoms with Crippen molar-refractivity contribution in [1.82, 2.24) is 5.32 Å². The summed E-state index contributed by atoms with van der Waals surface area (Å²) in [6.07, 6.45) is 2.01. The van der Waals surface area contributed by atoms with Crippen molar-refractivity contribution in [3.63, 3.8) is 0 Å². The van der Waals surface area contributed by atoms with Gasteiger partial charge in [0.15, 0.2) is 0 Å².